The number of nitrogens with one attached hydrogen (secondary N) is 2. The maximum Gasteiger partial charge on any atom is 0.199 e. The van der Waals surface area contributed by atoms with Gasteiger partial charge in [0.2, 0.25) is 0 Å². The van der Waals surface area contributed by atoms with Crippen LogP contribution in [0.1, 0.15) is 5.56 Å². The molecular formula is C21H19N3OS. The SMILES string of the molecule is COc1ccc(N/C(=N\C(=S)Nc2ccccc2)c2ccccc2)cc1. The van der Waals surface area contributed by atoms with E-state index in [0.717, 1.165) is 22.7 Å². The van der Waals surface area contributed by atoms with Gasteiger partial charge in [-0.1, -0.05) is 48.5 Å². The van der Waals surface area contributed by atoms with Crippen molar-refractivity contribution in [3.05, 3.63) is 90.5 Å². The van der Waals surface area contributed by atoms with Gasteiger partial charge in [0.05, 0.1) is 7.11 Å². The Bertz CT molecular complexity index is 878. The van der Waals surface area contributed by atoms with Gasteiger partial charge in [-0.05, 0) is 48.6 Å². The number of aliphatic imine (C=N–C) groups is 1. The molecule has 3 aromatic rings. The summed E-state index contributed by atoms with van der Waals surface area (Å²) in [6.45, 7) is 0. The number of hydrogen-bond acceptors (Lipinski definition) is 2. The van der Waals surface area contributed by atoms with Crippen LogP contribution in [0.3, 0.4) is 0 Å². The molecule has 0 amide bonds. The first-order valence-electron chi connectivity index (χ1n) is 8.16. The highest BCUT2D eigenvalue weighted by molar-refractivity contribution is 7.80. The fraction of sp³-hybridized carbons (Fsp3) is 0.0476. The van der Waals surface area contributed by atoms with E-state index in [-0.39, 0.29) is 0 Å². The van der Waals surface area contributed by atoms with Gasteiger partial charge in [0.1, 0.15) is 11.6 Å². The van der Waals surface area contributed by atoms with Crippen molar-refractivity contribution in [2.45, 2.75) is 0 Å². The zero-order valence-electron chi connectivity index (χ0n) is 14.3. The van der Waals surface area contributed by atoms with Crippen LogP contribution < -0.4 is 15.4 Å². The van der Waals surface area contributed by atoms with E-state index in [4.69, 9.17) is 17.0 Å². The number of para-hydroxylation sites is 1. The number of rotatable bonds is 4. The number of methoxy groups -OCH3 is 1. The standard InChI is InChI=1S/C21H19N3OS/c1-25-19-14-12-18(13-15-19)22-20(16-8-4-2-5-9-16)24-21(26)23-17-10-6-3-7-11-17/h2-15H,1H3,(H2,22,23,24,26). The molecule has 4 nitrogen and oxygen atoms in total. The summed E-state index contributed by atoms with van der Waals surface area (Å²) in [4.78, 5) is 4.57. The summed E-state index contributed by atoms with van der Waals surface area (Å²) in [5.41, 5.74) is 2.74. The molecular weight excluding hydrogens is 342 g/mol. The Balaban J connectivity index is 1.84. The number of thiocarbonyl (C=S) groups is 1. The number of nitrogens with zero attached hydrogens (tertiary/aromatic N) is 1. The summed E-state index contributed by atoms with van der Waals surface area (Å²) < 4.78 is 5.20. The van der Waals surface area contributed by atoms with Crippen LogP contribution in [0.5, 0.6) is 5.75 Å². The maximum absolute atomic E-state index is 5.41. The van der Waals surface area contributed by atoms with Crippen LogP contribution in [-0.4, -0.2) is 18.1 Å². The van der Waals surface area contributed by atoms with E-state index >= 15 is 0 Å². The molecule has 0 aliphatic carbocycles. The highest BCUT2D eigenvalue weighted by Crippen LogP contribution is 2.16. The molecule has 3 rings (SSSR count). The van der Waals surface area contributed by atoms with Gasteiger partial charge in [-0.3, -0.25) is 0 Å². The average Bonchev–Trinajstić information content (AvgIpc) is 2.69. The molecule has 0 heterocycles. The third-order valence-electron chi connectivity index (χ3n) is 3.64. The van der Waals surface area contributed by atoms with Crippen molar-refractivity contribution in [1.29, 1.82) is 0 Å². The molecule has 0 bridgehead atoms. The molecule has 0 fully saturated rings. The van der Waals surface area contributed by atoms with E-state index in [0.29, 0.717) is 10.9 Å². The number of hydrogen-bond donors (Lipinski definition) is 2. The Labute approximate surface area is 158 Å². The molecule has 2 N–H and O–H groups in total. The van der Waals surface area contributed by atoms with Gasteiger partial charge in [-0.2, -0.15) is 0 Å². The molecule has 0 spiro atoms. The van der Waals surface area contributed by atoms with E-state index in [9.17, 15) is 0 Å². The first-order valence-corrected chi connectivity index (χ1v) is 8.56. The van der Waals surface area contributed by atoms with Crippen LogP contribution in [0.15, 0.2) is 89.9 Å². The summed E-state index contributed by atoms with van der Waals surface area (Å²) >= 11 is 5.41. The molecule has 0 atom stereocenters. The van der Waals surface area contributed by atoms with E-state index in [1.807, 2.05) is 84.9 Å². The Morgan fingerprint density at radius 3 is 1.96 bits per heavy atom. The van der Waals surface area contributed by atoms with Crippen molar-refractivity contribution in [2.75, 3.05) is 17.7 Å². The lowest BCUT2D eigenvalue weighted by Crippen LogP contribution is -2.18. The summed E-state index contributed by atoms with van der Waals surface area (Å²) in [6.07, 6.45) is 0. The highest BCUT2D eigenvalue weighted by Gasteiger charge is 2.06. The molecule has 130 valence electrons. The summed E-state index contributed by atoms with van der Waals surface area (Å²) in [6, 6.07) is 27.3. The van der Waals surface area contributed by atoms with Gasteiger partial charge >= 0.3 is 0 Å². The summed E-state index contributed by atoms with van der Waals surface area (Å²) in [5.74, 6) is 1.47. The third-order valence-corrected chi connectivity index (χ3v) is 3.83. The fourth-order valence-electron chi connectivity index (χ4n) is 2.35. The molecule has 0 aromatic heterocycles. The third kappa shape index (κ3) is 4.91. The Hall–Kier alpha value is -3.18. The van der Waals surface area contributed by atoms with E-state index in [1.54, 1.807) is 7.11 Å². The predicted octanol–water partition coefficient (Wildman–Crippen LogP) is 4.95. The van der Waals surface area contributed by atoms with Crippen molar-refractivity contribution in [1.82, 2.24) is 0 Å². The molecule has 26 heavy (non-hydrogen) atoms. The quantitative estimate of drug-likeness (QED) is 0.392. The lowest BCUT2D eigenvalue weighted by Gasteiger charge is -2.12. The summed E-state index contributed by atoms with van der Waals surface area (Å²) in [7, 11) is 1.65. The molecule has 0 aliphatic heterocycles. The van der Waals surface area contributed by atoms with E-state index < -0.39 is 0 Å². The number of ether oxygens (including phenoxy) is 1. The molecule has 0 aliphatic rings. The second-order valence-electron chi connectivity index (χ2n) is 5.48. The van der Waals surface area contributed by atoms with Crippen LogP contribution >= 0.6 is 12.2 Å². The van der Waals surface area contributed by atoms with Crippen LogP contribution in [-0.2, 0) is 0 Å². The van der Waals surface area contributed by atoms with Gasteiger partial charge in [-0.15, -0.1) is 0 Å². The largest absolute Gasteiger partial charge is 0.497 e. The number of amidine groups is 1. The Kier molecular flexibility index (Phi) is 5.96. The van der Waals surface area contributed by atoms with Gasteiger partial charge < -0.3 is 15.4 Å². The Morgan fingerprint density at radius 1 is 0.769 bits per heavy atom. The van der Waals surface area contributed by atoms with Gasteiger partial charge in [0.25, 0.3) is 0 Å². The van der Waals surface area contributed by atoms with Crippen LogP contribution in [0.4, 0.5) is 11.4 Å². The zero-order chi connectivity index (χ0) is 18.2. The first kappa shape index (κ1) is 17.6. The van der Waals surface area contributed by atoms with Crippen molar-refractivity contribution in [3.8, 4) is 5.75 Å². The van der Waals surface area contributed by atoms with Crippen molar-refractivity contribution in [3.63, 3.8) is 0 Å². The normalized spacial score (nSPS) is 10.9. The molecule has 0 saturated carbocycles. The predicted molar refractivity (Wildman–Crippen MR) is 112 cm³/mol. The minimum absolute atomic E-state index is 0.385. The van der Waals surface area contributed by atoms with Crippen LogP contribution in [0.2, 0.25) is 0 Å². The molecule has 0 saturated heterocycles. The smallest absolute Gasteiger partial charge is 0.199 e. The van der Waals surface area contributed by atoms with Gasteiger partial charge in [-0.25, -0.2) is 4.99 Å². The topological polar surface area (TPSA) is 45.6 Å². The molecule has 0 radical (unpaired) electrons. The minimum Gasteiger partial charge on any atom is -0.497 e. The Morgan fingerprint density at radius 2 is 1.35 bits per heavy atom. The highest BCUT2D eigenvalue weighted by atomic mass is 32.1. The van der Waals surface area contributed by atoms with Crippen molar-refractivity contribution in [2.24, 2.45) is 4.99 Å². The van der Waals surface area contributed by atoms with Crippen molar-refractivity contribution >= 4 is 34.5 Å². The molecule has 3 aromatic carbocycles. The van der Waals surface area contributed by atoms with Crippen molar-refractivity contribution < 1.29 is 4.74 Å². The summed E-state index contributed by atoms with van der Waals surface area (Å²) in [5, 5.41) is 6.85. The van der Waals surface area contributed by atoms with E-state index in [1.165, 1.54) is 0 Å². The lowest BCUT2D eigenvalue weighted by atomic mass is 10.2. The second-order valence-corrected chi connectivity index (χ2v) is 5.86. The molecule has 5 heteroatoms. The fourth-order valence-corrected chi connectivity index (χ4v) is 2.56. The zero-order valence-corrected chi connectivity index (χ0v) is 15.2. The first-order chi connectivity index (χ1) is 12.7. The van der Waals surface area contributed by atoms with Crippen LogP contribution in [0, 0.1) is 0 Å². The average molecular weight is 361 g/mol. The van der Waals surface area contributed by atoms with E-state index in [2.05, 4.69) is 15.6 Å². The second kappa shape index (κ2) is 8.78. The minimum atomic E-state index is 0.385. The van der Waals surface area contributed by atoms with Crippen LogP contribution in [0.25, 0.3) is 0 Å². The number of benzene rings is 3. The molecule has 0 unspecified atom stereocenters. The monoisotopic (exact) mass is 361 g/mol. The number of anilines is 2. The van der Waals surface area contributed by atoms with Gasteiger partial charge in [0, 0.05) is 16.9 Å². The van der Waals surface area contributed by atoms with Gasteiger partial charge in [0.15, 0.2) is 5.11 Å². The lowest BCUT2D eigenvalue weighted by molar-refractivity contribution is 0.415. The maximum atomic E-state index is 5.41.